The quantitative estimate of drug-likeness (QED) is 0.536. The van der Waals surface area contributed by atoms with Gasteiger partial charge in [-0.2, -0.15) is 8.42 Å². The van der Waals surface area contributed by atoms with Crippen LogP contribution in [-0.4, -0.2) is 36.2 Å². The zero-order valence-electron chi connectivity index (χ0n) is 15.1. The third kappa shape index (κ3) is 5.61. The summed E-state index contributed by atoms with van der Waals surface area (Å²) in [5, 5.41) is 9.82. The van der Waals surface area contributed by atoms with Gasteiger partial charge in [-0.25, -0.2) is 0 Å². The smallest absolute Gasteiger partial charge is 0.323 e. The highest BCUT2D eigenvalue weighted by Crippen LogP contribution is 2.34. The van der Waals surface area contributed by atoms with E-state index in [1.54, 1.807) is 19.1 Å². The molecule has 0 radical (unpaired) electrons. The second-order valence-electron chi connectivity index (χ2n) is 6.40. The van der Waals surface area contributed by atoms with Gasteiger partial charge in [0.15, 0.2) is 6.10 Å². The van der Waals surface area contributed by atoms with Crippen LogP contribution in [0.25, 0.3) is 0 Å². The van der Waals surface area contributed by atoms with Crippen molar-refractivity contribution in [1.29, 1.82) is 0 Å². The predicted octanol–water partition coefficient (Wildman–Crippen LogP) is 1.78. The number of aliphatic hydroxyl groups excluding tert-OH is 1. The topological polar surface area (TPSA) is 127 Å². The molecular weight excluding hydrogens is 370 g/mol. The number of nitrogens with two attached hydrogens (primary N) is 1. The average molecular weight is 393 g/mol. The first-order chi connectivity index (χ1) is 12.6. The number of aryl methyl sites for hydroxylation is 1. The van der Waals surface area contributed by atoms with Gasteiger partial charge in [0.25, 0.3) is 10.1 Å². The van der Waals surface area contributed by atoms with Gasteiger partial charge in [-0.05, 0) is 37.1 Å². The Labute approximate surface area is 158 Å². The Hall–Kier alpha value is -2.26. The Balaban J connectivity index is 0.000000208. The van der Waals surface area contributed by atoms with E-state index in [4.69, 9.17) is 15.0 Å². The van der Waals surface area contributed by atoms with Crippen molar-refractivity contribution in [2.75, 3.05) is 0 Å². The fraction of sp³-hybridized carbons (Fsp3) is 0.316. The second kappa shape index (κ2) is 8.62. The molecule has 2 aromatic rings. The summed E-state index contributed by atoms with van der Waals surface area (Å²) in [5.74, 6) is -0.485. The van der Waals surface area contributed by atoms with E-state index in [-0.39, 0.29) is 4.90 Å². The zero-order chi connectivity index (χ0) is 20.2. The van der Waals surface area contributed by atoms with E-state index in [1.807, 2.05) is 31.2 Å². The van der Waals surface area contributed by atoms with Crippen LogP contribution in [0.15, 0.2) is 53.4 Å². The lowest BCUT2D eigenvalue weighted by atomic mass is 10.1. The van der Waals surface area contributed by atoms with Crippen LogP contribution in [0.5, 0.6) is 0 Å². The van der Waals surface area contributed by atoms with Crippen LogP contribution >= 0.6 is 0 Å². The minimum Gasteiger partial charge on any atom is -0.454 e. The summed E-state index contributed by atoms with van der Waals surface area (Å²) in [5.41, 5.74) is 8.28. The molecule has 4 N–H and O–H groups in total. The molecule has 27 heavy (non-hydrogen) atoms. The third-order valence-electron chi connectivity index (χ3n) is 4.07. The van der Waals surface area contributed by atoms with E-state index < -0.39 is 34.3 Å². The van der Waals surface area contributed by atoms with Crippen LogP contribution in [0.2, 0.25) is 0 Å². The van der Waals surface area contributed by atoms with Gasteiger partial charge in [0.05, 0.1) is 11.0 Å². The summed E-state index contributed by atoms with van der Waals surface area (Å²) in [7, 11) is -4.02. The number of carbonyl (C=O) groups excluding carboxylic acids is 1. The summed E-state index contributed by atoms with van der Waals surface area (Å²) >= 11 is 0. The number of hydrogen-bond acceptors (Lipinski definition) is 6. The van der Waals surface area contributed by atoms with Crippen molar-refractivity contribution in [1.82, 2.24) is 0 Å². The molecule has 146 valence electrons. The lowest BCUT2D eigenvalue weighted by molar-refractivity contribution is -0.155. The van der Waals surface area contributed by atoms with Gasteiger partial charge in [0.1, 0.15) is 6.04 Å². The minimum absolute atomic E-state index is 0.0666. The largest absolute Gasteiger partial charge is 0.454 e. The summed E-state index contributed by atoms with van der Waals surface area (Å²) in [6.07, 6.45) is -0.720. The van der Waals surface area contributed by atoms with Crippen molar-refractivity contribution in [3.8, 4) is 0 Å². The van der Waals surface area contributed by atoms with Crippen molar-refractivity contribution >= 4 is 16.1 Å². The molecule has 7 nitrogen and oxygen atoms in total. The molecule has 0 aliphatic heterocycles. The fourth-order valence-corrected chi connectivity index (χ4v) is 3.10. The van der Waals surface area contributed by atoms with E-state index in [9.17, 15) is 18.3 Å². The van der Waals surface area contributed by atoms with Gasteiger partial charge in [0.2, 0.25) is 0 Å². The molecule has 0 saturated heterocycles. The van der Waals surface area contributed by atoms with Crippen LogP contribution in [0, 0.1) is 6.92 Å². The number of aliphatic hydroxyl groups is 1. The lowest BCUT2D eigenvalue weighted by Crippen LogP contribution is -2.32. The number of rotatable bonds is 3. The first kappa shape index (κ1) is 21.0. The van der Waals surface area contributed by atoms with Crippen molar-refractivity contribution in [2.45, 2.75) is 43.4 Å². The lowest BCUT2D eigenvalue weighted by Gasteiger charge is -2.18. The molecule has 0 spiro atoms. The molecule has 0 heterocycles. The van der Waals surface area contributed by atoms with E-state index in [1.165, 1.54) is 12.1 Å². The Morgan fingerprint density at radius 2 is 1.78 bits per heavy atom. The Morgan fingerprint density at radius 3 is 2.33 bits per heavy atom. The average Bonchev–Trinajstić information content (AvgIpc) is 2.90. The molecule has 0 fully saturated rings. The maximum absolute atomic E-state index is 11.4. The molecule has 1 aliphatic rings. The van der Waals surface area contributed by atoms with Crippen LogP contribution in [0.1, 0.15) is 29.7 Å². The number of hydrogen-bond donors (Lipinski definition) is 3. The molecule has 2 unspecified atom stereocenters. The summed E-state index contributed by atoms with van der Waals surface area (Å²) in [6, 6.07) is 12.9. The monoisotopic (exact) mass is 393 g/mol. The Kier molecular flexibility index (Phi) is 6.72. The number of benzene rings is 2. The predicted molar refractivity (Wildman–Crippen MR) is 99.6 cm³/mol. The number of carbonyl (C=O) groups is 1. The summed E-state index contributed by atoms with van der Waals surface area (Å²) in [4.78, 5) is 11.3. The van der Waals surface area contributed by atoms with E-state index in [0.717, 1.165) is 16.7 Å². The maximum Gasteiger partial charge on any atom is 0.323 e. The second-order valence-corrected chi connectivity index (χ2v) is 7.83. The first-order valence-corrected chi connectivity index (χ1v) is 9.79. The Morgan fingerprint density at radius 1 is 1.19 bits per heavy atom. The van der Waals surface area contributed by atoms with E-state index in [2.05, 4.69) is 0 Å². The highest BCUT2D eigenvalue weighted by molar-refractivity contribution is 7.85. The molecule has 0 aromatic heterocycles. The van der Waals surface area contributed by atoms with Crippen LogP contribution in [0.4, 0.5) is 0 Å². The molecule has 0 bridgehead atoms. The van der Waals surface area contributed by atoms with Gasteiger partial charge >= 0.3 is 5.97 Å². The summed E-state index contributed by atoms with van der Waals surface area (Å²) < 4.78 is 34.7. The van der Waals surface area contributed by atoms with Gasteiger partial charge in [-0.1, -0.05) is 42.0 Å². The molecule has 2 aromatic carbocycles. The van der Waals surface area contributed by atoms with Crippen LogP contribution < -0.4 is 5.73 Å². The first-order valence-electron chi connectivity index (χ1n) is 8.35. The number of fused-ring (bicyclic) bond motifs is 1. The normalized spacial score (nSPS) is 19.4. The van der Waals surface area contributed by atoms with Crippen molar-refractivity contribution in [3.05, 3.63) is 65.2 Å². The van der Waals surface area contributed by atoms with Gasteiger partial charge < -0.3 is 15.6 Å². The fourth-order valence-electron chi connectivity index (χ4n) is 2.62. The molecule has 3 atom stereocenters. The number of ether oxygens (including phenoxy) is 1. The molecule has 3 rings (SSSR count). The van der Waals surface area contributed by atoms with Gasteiger partial charge in [-0.15, -0.1) is 0 Å². The highest BCUT2D eigenvalue weighted by atomic mass is 32.2. The van der Waals surface area contributed by atoms with Gasteiger partial charge in [0, 0.05) is 6.42 Å². The van der Waals surface area contributed by atoms with Crippen molar-refractivity contribution in [3.63, 3.8) is 0 Å². The highest BCUT2D eigenvalue weighted by Gasteiger charge is 2.34. The molecule has 1 aliphatic carbocycles. The third-order valence-corrected chi connectivity index (χ3v) is 4.94. The van der Waals surface area contributed by atoms with E-state index in [0.29, 0.717) is 6.42 Å². The standard InChI is InChI=1S/C12H15NO3.C7H8O3S/c1-7(13)12(15)16-11-9-5-3-2-4-8(9)6-10(11)14;1-6-2-4-7(5-3-6)11(8,9)10/h2-5,7,10-11,14H,6,13H2,1H3;2-5H,1H3,(H,8,9,10)/t7-,10?,11?;/m0./s1. The maximum atomic E-state index is 11.4. The van der Waals surface area contributed by atoms with Crippen molar-refractivity contribution in [2.24, 2.45) is 5.73 Å². The van der Waals surface area contributed by atoms with Gasteiger partial charge in [-0.3, -0.25) is 9.35 Å². The minimum atomic E-state index is -4.02. The van der Waals surface area contributed by atoms with Crippen LogP contribution in [-0.2, 0) is 26.1 Å². The molecule has 0 saturated carbocycles. The number of esters is 1. The Bertz CT molecular complexity index is 893. The SMILES string of the molecule is C[C@H](N)C(=O)OC1c2ccccc2CC1O.Cc1ccc(S(=O)(=O)O)cc1. The molecular formula is C19H23NO6S. The summed E-state index contributed by atoms with van der Waals surface area (Å²) in [6.45, 7) is 3.41. The zero-order valence-corrected chi connectivity index (χ0v) is 15.9. The molecule has 8 heteroatoms. The van der Waals surface area contributed by atoms with Crippen LogP contribution in [0.3, 0.4) is 0 Å². The molecule has 0 amide bonds. The van der Waals surface area contributed by atoms with E-state index >= 15 is 0 Å². The van der Waals surface area contributed by atoms with Crippen molar-refractivity contribution < 1.29 is 27.6 Å².